The highest BCUT2D eigenvalue weighted by atomic mass is 19.4. The number of hydrogen-bond donors (Lipinski definition) is 2. The number of methoxy groups -OCH3 is 1. The molecular formula is C20H20F3NO3. The SMILES string of the molecule is COc1ccc2c(c1)CCC[C@@]2(O)CNC(=O)c1ccccc1C(F)(F)F. The van der Waals surface area contributed by atoms with Crippen molar-refractivity contribution in [2.24, 2.45) is 0 Å². The molecule has 2 aromatic carbocycles. The third kappa shape index (κ3) is 3.93. The third-order valence-electron chi connectivity index (χ3n) is 4.87. The van der Waals surface area contributed by atoms with Gasteiger partial charge in [0.2, 0.25) is 0 Å². The van der Waals surface area contributed by atoms with E-state index in [0.717, 1.165) is 24.1 Å². The Morgan fingerprint density at radius 3 is 2.70 bits per heavy atom. The molecule has 3 rings (SSSR count). The van der Waals surface area contributed by atoms with Gasteiger partial charge in [-0.05, 0) is 54.7 Å². The quantitative estimate of drug-likeness (QED) is 0.852. The van der Waals surface area contributed by atoms with E-state index in [2.05, 4.69) is 5.32 Å². The highest BCUT2D eigenvalue weighted by Crippen LogP contribution is 2.37. The summed E-state index contributed by atoms with van der Waals surface area (Å²) in [6.45, 7) is -0.169. The van der Waals surface area contributed by atoms with Gasteiger partial charge < -0.3 is 15.2 Å². The number of hydrogen-bond acceptors (Lipinski definition) is 3. The van der Waals surface area contributed by atoms with Crippen molar-refractivity contribution >= 4 is 5.91 Å². The van der Waals surface area contributed by atoms with Crippen LogP contribution in [0.4, 0.5) is 13.2 Å². The van der Waals surface area contributed by atoms with Crippen LogP contribution in [0.3, 0.4) is 0 Å². The molecule has 1 aliphatic carbocycles. The Kier molecular flexibility index (Phi) is 5.15. The molecule has 1 aliphatic rings. The van der Waals surface area contributed by atoms with Gasteiger partial charge in [0.15, 0.2) is 0 Å². The van der Waals surface area contributed by atoms with Crippen LogP contribution < -0.4 is 10.1 Å². The number of alkyl halides is 3. The van der Waals surface area contributed by atoms with Gasteiger partial charge in [0, 0.05) is 0 Å². The van der Waals surface area contributed by atoms with Gasteiger partial charge in [-0.3, -0.25) is 4.79 Å². The number of fused-ring (bicyclic) bond motifs is 1. The standard InChI is InChI=1S/C20H20F3NO3/c1-27-14-8-9-16-13(11-14)5-4-10-19(16,26)12-24-18(25)15-6-2-3-7-17(15)20(21,22)23/h2-3,6-9,11,26H,4-5,10,12H2,1H3,(H,24,25)/t19-/m1/s1. The van der Waals surface area contributed by atoms with Crippen LogP contribution in [0.2, 0.25) is 0 Å². The summed E-state index contributed by atoms with van der Waals surface area (Å²) in [5, 5.41) is 13.5. The first-order valence-corrected chi connectivity index (χ1v) is 8.59. The van der Waals surface area contributed by atoms with Crippen molar-refractivity contribution in [2.45, 2.75) is 31.0 Å². The molecule has 0 spiro atoms. The first-order valence-electron chi connectivity index (χ1n) is 8.59. The Hall–Kier alpha value is -2.54. The maximum absolute atomic E-state index is 13.1. The molecule has 7 heteroatoms. The number of nitrogens with one attached hydrogen (secondary N) is 1. The van der Waals surface area contributed by atoms with E-state index < -0.39 is 28.8 Å². The van der Waals surface area contributed by atoms with Crippen LogP contribution in [0.15, 0.2) is 42.5 Å². The first kappa shape index (κ1) is 19.2. The lowest BCUT2D eigenvalue weighted by Crippen LogP contribution is -2.43. The summed E-state index contributed by atoms with van der Waals surface area (Å²) in [6.07, 6.45) is -2.75. The fraction of sp³-hybridized carbons (Fsp3) is 0.350. The smallest absolute Gasteiger partial charge is 0.417 e. The van der Waals surface area contributed by atoms with Crippen molar-refractivity contribution in [3.8, 4) is 5.75 Å². The lowest BCUT2D eigenvalue weighted by atomic mass is 9.79. The molecule has 0 aliphatic heterocycles. The van der Waals surface area contributed by atoms with E-state index >= 15 is 0 Å². The fourth-order valence-electron chi connectivity index (χ4n) is 3.50. The summed E-state index contributed by atoms with van der Waals surface area (Å²) in [7, 11) is 1.55. The molecule has 1 amide bonds. The second kappa shape index (κ2) is 7.23. The van der Waals surface area contributed by atoms with Crippen molar-refractivity contribution < 1.29 is 27.8 Å². The fourth-order valence-corrected chi connectivity index (χ4v) is 3.50. The van der Waals surface area contributed by atoms with E-state index in [0.29, 0.717) is 24.2 Å². The monoisotopic (exact) mass is 379 g/mol. The largest absolute Gasteiger partial charge is 0.497 e. The molecule has 0 unspecified atom stereocenters. The van der Waals surface area contributed by atoms with Gasteiger partial charge >= 0.3 is 6.18 Å². The summed E-state index contributed by atoms with van der Waals surface area (Å²) in [4.78, 5) is 12.4. The maximum Gasteiger partial charge on any atom is 0.417 e. The molecule has 0 aromatic heterocycles. The molecule has 144 valence electrons. The van der Waals surface area contributed by atoms with E-state index in [1.54, 1.807) is 19.2 Å². The average molecular weight is 379 g/mol. The first-order chi connectivity index (χ1) is 12.7. The molecule has 0 bridgehead atoms. The number of benzene rings is 2. The second-order valence-electron chi connectivity index (χ2n) is 6.63. The molecule has 0 radical (unpaired) electrons. The van der Waals surface area contributed by atoms with Crippen LogP contribution in [-0.4, -0.2) is 24.7 Å². The predicted octanol–water partition coefficient (Wildman–Crippen LogP) is 3.67. The van der Waals surface area contributed by atoms with Crippen LogP contribution in [0.5, 0.6) is 5.75 Å². The molecule has 0 heterocycles. The molecule has 2 aromatic rings. The van der Waals surface area contributed by atoms with Crippen LogP contribution in [0.1, 0.15) is 39.9 Å². The topological polar surface area (TPSA) is 58.6 Å². The number of aliphatic hydroxyl groups is 1. The minimum absolute atomic E-state index is 0.169. The molecule has 4 nitrogen and oxygen atoms in total. The number of amides is 1. The Bertz CT molecular complexity index is 851. The number of aryl methyl sites for hydroxylation is 1. The Labute approximate surface area is 155 Å². The number of carbonyl (C=O) groups excluding carboxylic acids is 1. The number of carbonyl (C=O) groups is 1. The molecule has 2 N–H and O–H groups in total. The Morgan fingerprint density at radius 2 is 2.00 bits per heavy atom. The van der Waals surface area contributed by atoms with Crippen LogP contribution in [0, 0.1) is 0 Å². The summed E-state index contributed by atoms with van der Waals surface area (Å²) in [6, 6.07) is 9.89. The normalized spacial score (nSPS) is 19.3. The lowest BCUT2D eigenvalue weighted by Gasteiger charge is -2.35. The van der Waals surface area contributed by atoms with Crippen LogP contribution in [-0.2, 0) is 18.2 Å². The van der Waals surface area contributed by atoms with E-state index in [9.17, 15) is 23.1 Å². The highest BCUT2D eigenvalue weighted by molar-refractivity contribution is 5.95. The van der Waals surface area contributed by atoms with Crippen LogP contribution in [0.25, 0.3) is 0 Å². The Balaban J connectivity index is 1.81. The zero-order valence-corrected chi connectivity index (χ0v) is 14.8. The summed E-state index contributed by atoms with van der Waals surface area (Å²) < 4.78 is 44.5. The summed E-state index contributed by atoms with van der Waals surface area (Å²) in [5.41, 5.74) is -1.21. The molecular weight excluding hydrogens is 359 g/mol. The molecule has 27 heavy (non-hydrogen) atoms. The molecule has 0 saturated heterocycles. The van der Waals surface area contributed by atoms with Gasteiger partial charge in [0.25, 0.3) is 5.91 Å². The van der Waals surface area contributed by atoms with Gasteiger partial charge in [-0.1, -0.05) is 18.2 Å². The van der Waals surface area contributed by atoms with E-state index in [-0.39, 0.29) is 6.54 Å². The number of rotatable bonds is 4. The third-order valence-corrected chi connectivity index (χ3v) is 4.87. The van der Waals surface area contributed by atoms with Crippen molar-refractivity contribution in [2.75, 3.05) is 13.7 Å². The molecule has 1 atom stereocenters. The second-order valence-corrected chi connectivity index (χ2v) is 6.63. The average Bonchev–Trinajstić information content (AvgIpc) is 2.65. The molecule has 0 fully saturated rings. The molecule has 0 saturated carbocycles. The summed E-state index contributed by atoms with van der Waals surface area (Å²) in [5.74, 6) is -0.196. The van der Waals surface area contributed by atoms with Gasteiger partial charge in [-0.2, -0.15) is 13.2 Å². The lowest BCUT2D eigenvalue weighted by molar-refractivity contribution is -0.137. The highest BCUT2D eigenvalue weighted by Gasteiger charge is 2.37. The van der Waals surface area contributed by atoms with E-state index in [1.807, 2.05) is 6.07 Å². The van der Waals surface area contributed by atoms with Crippen molar-refractivity contribution in [3.63, 3.8) is 0 Å². The minimum Gasteiger partial charge on any atom is -0.497 e. The predicted molar refractivity (Wildman–Crippen MR) is 93.6 cm³/mol. The van der Waals surface area contributed by atoms with E-state index in [4.69, 9.17) is 4.74 Å². The van der Waals surface area contributed by atoms with Crippen molar-refractivity contribution in [3.05, 3.63) is 64.7 Å². The van der Waals surface area contributed by atoms with E-state index in [1.165, 1.54) is 12.1 Å². The number of halogens is 3. The van der Waals surface area contributed by atoms with Crippen LogP contribution >= 0.6 is 0 Å². The number of ether oxygens (including phenoxy) is 1. The van der Waals surface area contributed by atoms with Crippen molar-refractivity contribution in [1.82, 2.24) is 5.32 Å². The zero-order valence-electron chi connectivity index (χ0n) is 14.8. The van der Waals surface area contributed by atoms with Crippen molar-refractivity contribution in [1.29, 1.82) is 0 Å². The van der Waals surface area contributed by atoms with Gasteiger partial charge in [-0.25, -0.2) is 0 Å². The maximum atomic E-state index is 13.1. The minimum atomic E-state index is -4.63. The van der Waals surface area contributed by atoms with Gasteiger partial charge in [0.05, 0.1) is 24.8 Å². The Morgan fingerprint density at radius 1 is 1.26 bits per heavy atom. The summed E-state index contributed by atoms with van der Waals surface area (Å²) >= 11 is 0. The zero-order chi connectivity index (χ0) is 19.7. The van der Waals surface area contributed by atoms with Gasteiger partial charge in [0.1, 0.15) is 11.4 Å². The van der Waals surface area contributed by atoms with Gasteiger partial charge in [-0.15, -0.1) is 0 Å².